The van der Waals surface area contributed by atoms with Crippen molar-refractivity contribution < 1.29 is 4.90 Å². The van der Waals surface area contributed by atoms with Crippen molar-refractivity contribution in [2.45, 2.75) is 11.4 Å². The van der Waals surface area contributed by atoms with Crippen molar-refractivity contribution in [2.24, 2.45) is 0 Å². The number of thioether (sulfide) groups is 1. The van der Waals surface area contributed by atoms with Gasteiger partial charge in [-0.15, -0.1) is 11.8 Å². The number of benzene rings is 2. The van der Waals surface area contributed by atoms with Gasteiger partial charge in [-0.1, -0.05) is 29.8 Å². The Labute approximate surface area is 142 Å². The first-order valence-electron chi connectivity index (χ1n) is 7.71. The van der Waals surface area contributed by atoms with E-state index in [0.717, 1.165) is 24.7 Å². The molecule has 0 aromatic heterocycles. The van der Waals surface area contributed by atoms with Gasteiger partial charge in [-0.25, -0.2) is 0 Å². The molecule has 0 amide bonds. The molecule has 0 unspecified atom stereocenters. The van der Waals surface area contributed by atoms with Crippen molar-refractivity contribution in [3.8, 4) is 0 Å². The molecule has 0 bridgehead atoms. The molecule has 22 heavy (non-hydrogen) atoms. The van der Waals surface area contributed by atoms with E-state index >= 15 is 0 Å². The molecule has 4 heteroatoms. The largest absolute Gasteiger partial charge is 0.360 e. The van der Waals surface area contributed by atoms with Crippen molar-refractivity contribution in [3.63, 3.8) is 0 Å². The predicted molar refractivity (Wildman–Crippen MR) is 96.3 cm³/mol. The third-order valence-electron chi connectivity index (χ3n) is 4.26. The Balaban J connectivity index is 1.55. The third-order valence-corrected chi connectivity index (χ3v) is 5.24. The lowest BCUT2D eigenvalue weighted by Gasteiger charge is -2.33. The van der Waals surface area contributed by atoms with Gasteiger partial charge in [0.05, 0.1) is 26.2 Å². The summed E-state index contributed by atoms with van der Waals surface area (Å²) in [5.41, 5.74) is 2.68. The van der Waals surface area contributed by atoms with Crippen LogP contribution in [-0.4, -0.2) is 32.4 Å². The lowest BCUT2D eigenvalue weighted by molar-refractivity contribution is -0.914. The number of piperazine rings is 1. The predicted octanol–water partition coefficient (Wildman–Crippen LogP) is 2.97. The maximum atomic E-state index is 6.09. The number of nitrogens with zero attached hydrogens (tertiary/aromatic N) is 1. The first-order chi connectivity index (χ1) is 10.7. The van der Waals surface area contributed by atoms with E-state index in [0.29, 0.717) is 0 Å². The van der Waals surface area contributed by atoms with E-state index in [9.17, 15) is 0 Å². The number of anilines is 1. The molecule has 1 fully saturated rings. The number of quaternary nitrogens is 1. The highest BCUT2D eigenvalue weighted by molar-refractivity contribution is 7.98. The molecule has 2 aromatic carbocycles. The van der Waals surface area contributed by atoms with Gasteiger partial charge in [0.1, 0.15) is 6.54 Å². The molecule has 1 aliphatic heterocycles. The maximum Gasteiger partial charge on any atom is 0.103 e. The highest BCUT2D eigenvalue weighted by atomic mass is 35.5. The second kappa shape index (κ2) is 7.40. The molecule has 2 aromatic rings. The molecule has 0 spiro atoms. The van der Waals surface area contributed by atoms with E-state index in [2.05, 4.69) is 47.6 Å². The van der Waals surface area contributed by atoms with Gasteiger partial charge in [-0.2, -0.15) is 0 Å². The highest BCUT2D eigenvalue weighted by Gasteiger charge is 2.20. The van der Waals surface area contributed by atoms with Gasteiger partial charge >= 0.3 is 0 Å². The molecule has 1 heterocycles. The summed E-state index contributed by atoms with van der Waals surface area (Å²) >= 11 is 7.89. The van der Waals surface area contributed by atoms with E-state index in [-0.39, 0.29) is 0 Å². The van der Waals surface area contributed by atoms with Gasteiger partial charge in [0, 0.05) is 21.2 Å². The van der Waals surface area contributed by atoms with Crippen LogP contribution in [0.4, 0.5) is 5.69 Å². The fourth-order valence-electron chi connectivity index (χ4n) is 2.96. The lowest BCUT2D eigenvalue weighted by Crippen LogP contribution is -3.13. The van der Waals surface area contributed by atoms with E-state index in [1.54, 1.807) is 16.7 Å². The summed E-state index contributed by atoms with van der Waals surface area (Å²) in [4.78, 5) is 5.44. The summed E-state index contributed by atoms with van der Waals surface area (Å²) in [6.45, 7) is 5.67. The molecule has 0 saturated carbocycles. The molecule has 1 aliphatic rings. The number of hydrogen-bond donors (Lipinski definition) is 1. The normalized spacial score (nSPS) is 16.0. The highest BCUT2D eigenvalue weighted by Crippen LogP contribution is 2.19. The fraction of sp³-hybridized carbons (Fsp3) is 0.333. The summed E-state index contributed by atoms with van der Waals surface area (Å²) in [6, 6.07) is 17.2. The topological polar surface area (TPSA) is 7.68 Å². The summed E-state index contributed by atoms with van der Waals surface area (Å²) in [5.74, 6) is 0. The molecular weight excluding hydrogens is 312 g/mol. The average molecular weight is 334 g/mol. The minimum absolute atomic E-state index is 0.821. The van der Waals surface area contributed by atoms with Gasteiger partial charge < -0.3 is 9.80 Å². The maximum absolute atomic E-state index is 6.09. The van der Waals surface area contributed by atoms with Crippen LogP contribution >= 0.6 is 23.4 Å². The quantitative estimate of drug-likeness (QED) is 0.860. The Morgan fingerprint density at radius 3 is 2.45 bits per heavy atom. The van der Waals surface area contributed by atoms with Crippen molar-refractivity contribution in [1.82, 2.24) is 0 Å². The SMILES string of the molecule is CSc1ccc(C[NH+]2CCN(c3cccc(Cl)c3)CC2)cc1. The van der Waals surface area contributed by atoms with Gasteiger partial charge in [0.2, 0.25) is 0 Å². The van der Waals surface area contributed by atoms with E-state index in [1.165, 1.54) is 29.2 Å². The monoisotopic (exact) mass is 333 g/mol. The Kier molecular flexibility index (Phi) is 5.29. The first-order valence-corrected chi connectivity index (χ1v) is 9.32. The smallest absolute Gasteiger partial charge is 0.103 e. The van der Waals surface area contributed by atoms with Crippen molar-refractivity contribution in [1.29, 1.82) is 0 Å². The zero-order chi connectivity index (χ0) is 15.4. The molecule has 0 atom stereocenters. The van der Waals surface area contributed by atoms with E-state index < -0.39 is 0 Å². The molecule has 0 aliphatic carbocycles. The van der Waals surface area contributed by atoms with E-state index in [1.807, 2.05) is 12.1 Å². The molecule has 2 nitrogen and oxygen atoms in total. The molecule has 3 rings (SSSR count). The van der Waals surface area contributed by atoms with Gasteiger partial charge in [-0.05, 0) is 36.6 Å². The Hall–Kier alpha value is -1.16. The molecule has 1 saturated heterocycles. The Bertz CT molecular complexity index is 607. The standard InChI is InChI=1S/C18H21ClN2S/c1-22-18-7-5-15(6-8-18)14-20-9-11-21(12-10-20)17-4-2-3-16(19)13-17/h2-8,13H,9-12,14H2,1H3/p+1. The zero-order valence-corrected chi connectivity index (χ0v) is 14.5. The zero-order valence-electron chi connectivity index (χ0n) is 12.9. The summed E-state index contributed by atoms with van der Waals surface area (Å²) in [6.07, 6.45) is 2.12. The van der Waals surface area contributed by atoms with Crippen LogP contribution in [0.2, 0.25) is 5.02 Å². The molecular formula is C18H22ClN2S+. The number of halogens is 1. The molecule has 0 radical (unpaired) electrons. The fourth-order valence-corrected chi connectivity index (χ4v) is 3.56. The minimum Gasteiger partial charge on any atom is -0.360 e. The summed E-state index contributed by atoms with van der Waals surface area (Å²) in [5, 5.41) is 0.821. The third kappa shape index (κ3) is 3.97. The lowest BCUT2D eigenvalue weighted by atomic mass is 10.2. The van der Waals surface area contributed by atoms with Crippen molar-refractivity contribution in [2.75, 3.05) is 37.3 Å². The van der Waals surface area contributed by atoms with Crippen LogP contribution in [0.1, 0.15) is 5.56 Å². The van der Waals surface area contributed by atoms with Crippen molar-refractivity contribution >= 4 is 29.1 Å². The second-order valence-corrected chi connectivity index (χ2v) is 7.06. The van der Waals surface area contributed by atoms with Crippen LogP contribution in [0.25, 0.3) is 0 Å². The van der Waals surface area contributed by atoms with Gasteiger partial charge in [0.15, 0.2) is 0 Å². The number of nitrogens with one attached hydrogen (secondary N) is 1. The van der Waals surface area contributed by atoms with Crippen molar-refractivity contribution in [3.05, 3.63) is 59.1 Å². The van der Waals surface area contributed by atoms with Crippen LogP contribution in [0.5, 0.6) is 0 Å². The van der Waals surface area contributed by atoms with Crippen LogP contribution in [0.15, 0.2) is 53.4 Å². The summed E-state index contributed by atoms with van der Waals surface area (Å²) in [7, 11) is 0. The number of rotatable bonds is 4. The minimum atomic E-state index is 0.821. The van der Waals surface area contributed by atoms with E-state index in [4.69, 9.17) is 11.6 Å². The Morgan fingerprint density at radius 2 is 1.82 bits per heavy atom. The summed E-state index contributed by atoms with van der Waals surface area (Å²) < 4.78 is 0. The average Bonchev–Trinajstić information content (AvgIpc) is 2.56. The second-order valence-electron chi connectivity index (χ2n) is 5.74. The van der Waals surface area contributed by atoms with Crippen LogP contribution < -0.4 is 9.80 Å². The van der Waals surface area contributed by atoms with Crippen LogP contribution in [0, 0.1) is 0 Å². The first kappa shape index (κ1) is 15.7. The molecule has 1 N–H and O–H groups in total. The van der Waals surface area contributed by atoms with Crippen LogP contribution in [0.3, 0.4) is 0 Å². The van der Waals surface area contributed by atoms with Gasteiger partial charge in [-0.3, -0.25) is 0 Å². The molecule has 116 valence electrons. The number of hydrogen-bond acceptors (Lipinski definition) is 2. The van der Waals surface area contributed by atoms with Gasteiger partial charge in [0.25, 0.3) is 0 Å². The Morgan fingerprint density at radius 1 is 1.09 bits per heavy atom. The van der Waals surface area contributed by atoms with Crippen LogP contribution in [-0.2, 0) is 6.54 Å².